The lowest BCUT2D eigenvalue weighted by atomic mass is 10.2. The molecular formula is C13H11N3O4. The zero-order valence-corrected chi connectivity index (χ0v) is 10.4. The minimum absolute atomic E-state index is 0.0479. The number of nitrogens with one attached hydrogen (secondary N) is 1. The van der Waals surface area contributed by atoms with Gasteiger partial charge in [-0.25, -0.2) is 0 Å². The van der Waals surface area contributed by atoms with E-state index in [1.807, 2.05) is 18.2 Å². The van der Waals surface area contributed by atoms with Crippen molar-refractivity contribution in [3.63, 3.8) is 0 Å². The number of hydrogen-bond acceptors (Lipinski definition) is 6. The Labute approximate surface area is 114 Å². The van der Waals surface area contributed by atoms with Crippen molar-refractivity contribution in [2.45, 2.75) is 6.54 Å². The summed E-state index contributed by atoms with van der Waals surface area (Å²) in [4.78, 5) is 14.2. The van der Waals surface area contributed by atoms with E-state index in [2.05, 4.69) is 10.3 Å². The number of hydrogen-bond donors (Lipinski definition) is 1. The Morgan fingerprint density at radius 2 is 2.15 bits per heavy atom. The molecule has 7 nitrogen and oxygen atoms in total. The van der Waals surface area contributed by atoms with Gasteiger partial charge in [-0.3, -0.25) is 15.1 Å². The molecule has 0 amide bonds. The molecule has 0 atom stereocenters. The van der Waals surface area contributed by atoms with Crippen LogP contribution >= 0.6 is 0 Å². The molecule has 1 aliphatic rings. The number of nitro groups is 1. The van der Waals surface area contributed by atoms with Gasteiger partial charge >= 0.3 is 5.69 Å². The molecule has 1 N–H and O–H groups in total. The van der Waals surface area contributed by atoms with Crippen LogP contribution in [0.2, 0.25) is 0 Å². The Kier molecular flexibility index (Phi) is 3.08. The van der Waals surface area contributed by atoms with Crippen LogP contribution in [0.1, 0.15) is 5.56 Å². The van der Waals surface area contributed by atoms with Crippen LogP contribution in [0.5, 0.6) is 11.5 Å². The molecule has 0 radical (unpaired) electrons. The van der Waals surface area contributed by atoms with Gasteiger partial charge in [0.05, 0.1) is 4.92 Å². The summed E-state index contributed by atoms with van der Waals surface area (Å²) in [6, 6.07) is 7.13. The van der Waals surface area contributed by atoms with E-state index in [1.54, 1.807) is 6.07 Å². The molecule has 0 unspecified atom stereocenters. The number of pyridine rings is 1. The maximum Gasteiger partial charge on any atom is 0.310 e. The van der Waals surface area contributed by atoms with Crippen LogP contribution in [-0.2, 0) is 6.54 Å². The molecule has 0 bridgehead atoms. The third-order valence-corrected chi connectivity index (χ3v) is 2.92. The van der Waals surface area contributed by atoms with Gasteiger partial charge in [0.25, 0.3) is 0 Å². The van der Waals surface area contributed by atoms with Gasteiger partial charge in [0.2, 0.25) is 6.79 Å². The molecule has 0 fully saturated rings. The van der Waals surface area contributed by atoms with E-state index in [-0.39, 0.29) is 12.5 Å². The fraction of sp³-hybridized carbons (Fsp3) is 0.154. The summed E-state index contributed by atoms with van der Waals surface area (Å²) in [6.07, 6.45) is 2.73. The minimum Gasteiger partial charge on any atom is -0.454 e. The van der Waals surface area contributed by atoms with E-state index in [1.165, 1.54) is 12.4 Å². The molecule has 0 spiro atoms. The normalized spacial score (nSPS) is 12.2. The SMILES string of the molecule is O=[N+]([O-])c1cnccc1NCc1ccc2c(c1)OCO2. The summed E-state index contributed by atoms with van der Waals surface area (Å²) < 4.78 is 10.5. The van der Waals surface area contributed by atoms with Crippen molar-refractivity contribution >= 4 is 11.4 Å². The third-order valence-electron chi connectivity index (χ3n) is 2.92. The monoisotopic (exact) mass is 273 g/mol. The molecule has 102 valence electrons. The van der Waals surface area contributed by atoms with Gasteiger partial charge in [-0.15, -0.1) is 0 Å². The molecule has 0 saturated carbocycles. The van der Waals surface area contributed by atoms with E-state index in [0.29, 0.717) is 23.7 Å². The molecule has 1 aromatic heterocycles. The lowest BCUT2D eigenvalue weighted by Gasteiger charge is -2.07. The van der Waals surface area contributed by atoms with Crippen molar-refractivity contribution in [3.8, 4) is 11.5 Å². The van der Waals surface area contributed by atoms with Gasteiger partial charge in [-0.05, 0) is 23.8 Å². The van der Waals surface area contributed by atoms with Crippen LogP contribution in [0.15, 0.2) is 36.7 Å². The first-order valence-electron chi connectivity index (χ1n) is 5.95. The van der Waals surface area contributed by atoms with Crippen molar-refractivity contribution in [1.82, 2.24) is 4.98 Å². The van der Waals surface area contributed by atoms with Crippen LogP contribution in [0, 0.1) is 10.1 Å². The molecule has 7 heteroatoms. The Morgan fingerprint density at radius 3 is 3.00 bits per heavy atom. The smallest absolute Gasteiger partial charge is 0.310 e. The van der Waals surface area contributed by atoms with Crippen molar-refractivity contribution in [2.24, 2.45) is 0 Å². The summed E-state index contributed by atoms with van der Waals surface area (Å²) in [6.45, 7) is 0.670. The number of ether oxygens (including phenoxy) is 2. The zero-order valence-electron chi connectivity index (χ0n) is 10.4. The Morgan fingerprint density at radius 1 is 1.30 bits per heavy atom. The van der Waals surface area contributed by atoms with E-state index in [4.69, 9.17) is 9.47 Å². The Hall–Kier alpha value is -2.83. The fourth-order valence-electron chi connectivity index (χ4n) is 1.93. The molecule has 2 aromatic rings. The highest BCUT2D eigenvalue weighted by atomic mass is 16.7. The van der Waals surface area contributed by atoms with E-state index >= 15 is 0 Å². The highest BCUT2D eigenvalue weighted by Crippen LogP contribution is 2.33. The highest BCUT2D eigenvalue weighted by molar-refractivity contribution is 5.59. The average molecular weight is 273 g/mol. The molecule has 3 rings (SSSR count). The highest BCUT2D eigenvalue weighted by Gasteiger charge is 2.15. The van der Waals surface area contributed by atoms with E-state index in [0.717, 1.165) is 5.56 Å². The third kappa shape index (κ3) is 2.33. The molecular weight excluding hydrogens is 262 g/mol. The second kappa shape index (κ2) is 5.04. The summed E-state index contributed by atoms with van der Waals surface area (Å²) in [5, 5.41) is 13.9. The molecule has 1 aliphatic heterocycles. The largest absolute Gasteiger partial charge is 0.454 e. The number of rotatable bonds is 4. The lowest BCUT2D eigenvalue weighted by molar-refractivity contribution is -0.384. The van der Waals surface area contributed by atoms with Crippen molar-refractivity contribution < 1.29 is 14.4 Å². The fourth-order valence-corrected chi connectivity index (χ4v) is 1.93. The zero-order chi connectivity index (χ0) is 13.9. The molecule has 0 saturated heterocycles. The van der Waals surface area contributed by atoms with Crippen LogP contribution in [0.4, 0.5) is 11.4 Å². The number of fused-ring (bicyclic) bond motifs is 1. The van der Waals surface area contributed by atoms with Gasteiger partial charge in [-0.1, -0.05) is 6.07 Å². The topological polar surface area (TPSA) is 86.5 Å². The standard InChI is InChI=1S/C13H11N3O4/c17-16(18)11-7-14-4-3-10(11)15-6-9-1-2-12-13(5-9)20-8-19-12/h1-5,7H,6,8H2,(H,14,15). The molecule has 2 heterocycles. The predicted octanol–water partition coefficient (Wildman–Crippen LogP) is 2.33. The molecule has 0 aliphatic carbocycles. The predicted molar refractivity (Wildman–Crippen MR) is 70.8 cm³/mol. The minimum atomic E-state index is -0.463. The van der Waals surface area contributed by atoms with Crippen LogP contribution in [0.25, 0.3) is 0 Å². The van der Waals surface area contributed by atoms with Crippen LogP contribution in [0.3, 0.4) is 0 Å². The first-order chi connectivity index (χ1) is 9.74. The first-order valence-corrected chi connectivity index (χ1v) is 5.95. The van der Waals surface area contributed by atoms with Crippen LogP contribution < -0.4 is 14.8 Å². The summed E-state index contributed by atoms with van der Waals surface area (Å²) >= 11 is 0. The van der Waals surface area contributed by atoms with Crippen molar-refractivity contribution in [1.29, 1.82) is 0 Å². The van der Waals surface area contributed by atoms with Crippen molar-refractivity contribution in [3.05, 3.63) is 52.3 Å². The van der Waals surface area contributed by atoms with Gasteiger partial charge in [-0.2, -0.15) is 0 Å². The Bertz CT molecular complexity index is 660. The molecule has 20 heavy (non-hydrogen) atoms. The second-order valence-corrected chi connectivity index (χ2v) is 4.19. The quantitative estimate of drug-likeness (QED) is 0.679. The maximum absolute atomic E-state index is 10.9. The van der Waals surface area contributed by atoms with Gasteiger partial charge in [0, 0.05) is 12.7 Å². The van der Waals surface area contributed by atoms with Crippen LogP contribution in [-0.4, -0.2) is 16.7 Å². The molecule has 1 aromatic carbocycles. The summed E-state index contributed by atoms with van der Waals surface area (Å²) in [5.74, 6) is 1.40. The number of aromatic nitrogens is 1. The summed E-state index contributed by atoms with van der Waals surface area (Å²) in [5.41, 5.74) is 1.33. The lowest BCUT2D eigenvalue weighted by Crippen LogP contribution is -2.03. The van der Waals surface area contributed by atoms with Gasteiger partial charge in [0.1, 0.15) is 11.9 Å². The van der Waals surface area contributed by atoms with Crippen molar-refractivity contribution in [2.75, 3.05) is 12.1 Å². The van der Waals surface area contributed by atoms with Gasteiger partial charge < -0.3 is 14.8 Å². The number of nitrogens with zero attached hydrogens (tertiary/aromatic N) is 2. The van der Waals surface area contributed by atoms with Gasteiger partial charge in [0.15, 0.2) is 11.5 Å². The maximum atomic E-state index is 10.9. The number of anilines is 1. The van der Waals surface area contributed by atoms with E-state index < -0.39 is 4.92 Å². The number of benzene rings is 1. The van der Waals surface area contributed by atoms with E-state index in [9.17, 15) is 10.1 Å². The second-order valence-electron chi connectivity index (χ2n) is 4.19. The first kappa shape index (κ1) is 12.2. The average Bonchev–Trinajstić information content (AvgIpc) is 2.92. The summed E-state index contributed by atoms with van der Waals surface area (Å²) in [7, 11) is 0. The Balaban J connectivity index is 1.75.